The molecule has 0 N–H and O–H groups in total. The number of carbonyl (C=O) groups is 2. The Labute approximate surface area is 190 Å². The van der Waals surface area contributed by atoms with Crippen LogP contribution in [0.5, 0.6) is 0 Å². The molecule has 0 radical (unpaired) electrons. The highest BCUT2D eigenvalue weighted by molar-refractivity contribution is 8.18. The van der Waals surface area contributed by atoms with Crippen LogP contribution in [0.15, 0.2) is 57.9 Å². The van der Waals surface area contributed by atoms with Gasteiger partial charge in [0.1, 0.15) is 17.3 Å². The van der Waals surface area contributed by atoms with Gasteiger partial charge >= 0.3 is 0 Å². The van der Waals surface area contributed by atoms with Crippen LogP contribution in [0.25, 0.3) is 17.4 Å². The topological polar surface area (TPSA) is 50.5 Å². The molecule has 0 bridgehead atoms. The number of hydrogen-bond acceptors (Lipinski definition) is 4. The fraction of sp³-hybridized carbons (Fsp3) is 0.0476. The Hall–Kier alpha value is -2.25. The molecule has 152 valence electrons. The van der Waals surface area contributed by atoms with Gasteiger partial charge in [0, 0.05) is 26.7 Å². The molecule has 0 atom stereocenters. The summed E-state index contributed by atoms with van der Waals surface area (Å²) in [5.74, 6) is -0.0593. The largest absolute Gasteiger partial charge is 0.457 e. The summed E-state index contributed by atoms with van der Waals surface area (Å²) in [7, 11) is 0. The lowest BCUT2D eigenvalue weighted by molar-refractivity contribution is -0.123. The van der Waals surface area contributed by atoms with E-state index in [0.717, 1.165) is 22.7 Å². The minimum absolute atomic E-state index is 0.0501. The molecule has 1 aliphatic rings. The number of imide groups is 1. The van der Waals surface area contributed by atoms with Gasteiger partial charge in [-0.1, -0.05) is 40.9 Å². The molecule has 4 rings (SSSR count). The normalized spacial score (nSPS) is 15.5. The van der Waals surface area contributed by atoms with Crippen molar-refractivity contribution in [1.29, 1.82) is 0 Å². The van der Waals surface area contributed by atoms with Gasteiger partial charge in [0.25, 0.3) is 11.1 Å². The number of benzene rings is 2. The molecule has 2 aromatic carbocycles. The number of rotatable bonds is 4. The fourth-order valence-corrected chi connectivity index (χ4v) is 4.44. The van der Waals surface area contributed by atoms with E-state index in [1.807, 2.05) is 0 Å². The quantitative estimate of drug-likeness (QED) is 0.367. The molecule has 0 saturated carbocycles. The predicted molar refractivity (Wildman–Crippen MR) is 117 cm³/mol. The zero-order valence-electron chi connectivity index (χ0n) is 15.0. The number of nitrogens with zero attached hydrogens (tertiary/aromatic N) is 1. The number of amides is 2. The van der Waals surface area contributed by atoms with Crippen LogP contribution in [0, 0.1) is 5.82 Å². The summed E-state index contributed by atoms with van der Waals surface area (Å²) in [6, 6.07) is 12.2. The number of carbonyl (C=O) groups excluding carboxylic acids is 2. The average molecular weight is 483 g/mol. The Bertz CT molecular complexity index is 1190. The first-order valence-corrected chi connectivity index (χ1v) is 10.5. The Balaban J connectivity index is 1.56. The second kappa shape index (κ2) is 8.47. The third-order valence-corrected chi connectivity index (χ3v) is 5.96. The lowest BCUT2D eigenvalue weighted by Gasteiger charge is -2.13. The van der Waals surface area contributed by atoms with Crippen LogP contribution in [0.4, 0.5) is 9.18 Å². The molecule has 1 aromatic heterocycles. The third-order valence-electron chi connectivity index (χ3n) is 4.26. The monoisotopic (exact) mass is 481 g/mol. The fourth-order valence-electron chi connectivity index (χ4n) is 2.87. The van der Waals surface area contributed by atoms with Gasteiger partial charge in [-0.25, -0.2) is 4.39 Å². The number of furan rings is 1. The van der Waals surface area contributed by atoms with Crippen molar-refractivity contribution in [3.8, 4) is 11.3 Å². The van der Waals surface area contributed by atoms with Crippen molar-refractivity contribution in [3.05, 3.63) is 85.6 Å². The van der Waals surface area contributed by atoms with Gasteiger partial charge in [-0.2, -0.15) is 0 Å². The molecular formula is C21H11Cl3FNO3S. The lowest BCUT2D eigenvalue weighted by Crippen LogP contribution is -2.27. The lowest BCUT2D eigenvalue weighted by atomic mass is 10.2. The van der Waals surface area contributed by atoms with Crippen LogP contribution in [0.3, 0.4) is 0 Å². The molecule has 9 heteroatoms. The molecule has 1 fully saturated rings. The van der Waals surface area contributed by atoms with Crippen molar-refractivity contribution in [2.24, 2.45) is 0 Å². The summed E-state index contributed by atoms with van der Waals surface area (Å²) >= 11 is 18.8. The Morgan fingerprint density at radius 2 is 1.73 bits per heavy atom. The predicted octanol–water partition coefficient (Wildman–Crippen LogP) is 7.28. The van der Waals surface area contributed by atoms with E-state index in [-0.39, 0.29) is 16.5 Å². The van der Waals surface area contributed by atoms with E-state index >= 15 is 0 Å². The smallest absolute Gasteiger partial charge is 0.293 e. The highest BCUT2D eigenvalue weighted by atomic mass is 35.5. The van der Waals surface area contributed by atoms with Gasteiger partial charge in [0.15, 0.2) is 0 Å². The molecule has 1 aliphatic heterocycles. The highest BCUT2D eigenvalue weighted by Gasteiger charge is 2.35. The average Bonchev–Trinajstić information content (AvgIpc) is 3.23. The molecule has 0 aliphatic carbocycles. The molecule has 30 heavy (non-hydrogen) atoms. The van der Waals surface area contributed by atoms with E-state index < -0.39 is 17.0 Å². The molecule has 1 saturated heterocycles. The molecule has 2 amide bonds. The number of thioether (sulfide) groups is 1. The molecule has 3 aromatic rings. The summed E-state index contributed by atoms with van der Waals surface area (Å²) in [6.07, 6.45) is 1.49. The van der Waals surface area contributed by atoms with Gasteiger partial charge < -0.3 is 4.42 Å². The van der Waals surface area contributed by atoms with Gasteiger partial charge in [-0.05, 0) is 59.8 Å². The zero-order valence-corrected chi connectivity index (χ0v) is 18.1. The maximum absolute atomic E-state index is 13.2. The summed E-state index contributed by atoms with van der Waals surface area (Å²) in [4.78, 5) is 26.3. The van der Waals surface area contributed by atoms with Crippen LogP contribution in [-0.4, -0.2) is 16.0 Å². The van der Waals surface area contributed by atoms with Crippen molar-refractivity contribution in [2.75, 3.05) is 0 Å². The van der Waals surface area contributed by atoms with Crippen LogP contribution in [-0.2, 0) is 11.3 Å². The van der Waals surface area contributed by atoms with Crippen molar-refractivity contribution >= 4 is 63.8 Å². The van der Waals surface area contributed by atoms with Gasteiger partial charge in [-0.15, -0.1) is 0 Å². The van der Waals surface area contributed by atoms with E-state index in [1.54, 1.807) is 30.3 Å². The first-order chi connectivity index (χ1) is 14.3. The summed E-state index contributed by atoms with van der Waals surface area (Å²) in [5.41, 5.74) is 1.16. The Morgan fingerprint density at radius 3 is 2.43 bits per heavy atom. The van der Waals surface area contributed by atoms with Crippen LogP contribution in [0.1, 0.15) is 11.3 Å². The van der Waals surface area contributed by atoms with Crippen LogP contribution >= 0.6 is 46.6 Å². The molecular weight excluding hydrogens is 472 g/mol. The van der Waals surface area contributed by atoms with Crippen molar-refractivity contribution < 1.29 is 18.4 Å². The maximum atomic E-state index is 13.2. The highest BCUT2D eigenvalue weighted by Crippen LogP contribution is 2.35. The Morgan fingerprint density at radius 1 is 1.00 bits per heavy atom. The van der Waals surface area contributed by atoms with E-state index in [9.17, 15) is 14.0 Å². The van der Waals surface area contributed by atoms with Gasteiger partial charge in [0.2, 0.25) is 0 Å². The Kier molecular flexibility index (Phi) is 5.93. The minimum Gasteiger partial charge on any atom is -0.457 e. The summed E-state index contributed by atoms with van der Waals surface area (Å²) in [5, 5.41) is 0.640. The van der Waals surface area contributed by atoms with E-state index in [2.05, 4.69) is 0 Å². The van der Waals surface area contributed by atoms with Crippen LogP contribution in [0.2, 0.25) is 15.1 Å². The van der Waals surface area contributed by atoms with Gasteiger partial charge in [0.05, 0.1) is 11.4 Å². The first-order valence-electron chi connectivity index (χ1n) is 8.56. The van der Waals surface area contributed by atoms with Crippen LogP contribution < -0.4 is 0 Å². The first kappa shape index (κ1) is 21.0. The van der Waals surface area contributed by atoms with E-state index in [0.29, 0.717) is 32.7 Å². The molecule has 4 nitrogen and oxygen atoms in total. The standard InChI is InChI=1S/C21H11Cl3FNO3S/c22-13-5-12(6-14(23)7-13)18-4-3-16(29-18)9-19-20(27)26(21(28)30-19)10-11-1-2-15(25)8-17(11)24/h1-9H,10H2/b19-9-. The summed E-state index contributed by atoms with van der Waals surface area (Å²) in [6.45, 7) is -0.0501. The second-order valence-corrected chi connectivity index (χ2v) is 8.64. The molecule has 2 heterocycles. The molecule has 0 spiro atoms. The van der Waals surface area contributed by atoms with Crippen molar-refractivity contribution in [1.82, 2.24) is 4.90 Å². The number of hydrogen-bond donors (Lipinski definition) is 0. The van der Waals surface area contributed by atoms with E-state index in [1.165, 1.54) is 18.2 Å². The SMILES string of the molecule is O=C1S/C(=C\c2ccc(-c3cc(Cl)cc(Cl)c3)o2)C(=O)N1Cc1ccc(F)cc1Cl. The molecule has 0 unspecified atom stereocenters. The zero-order chi connectivity index (χ0) is 21.4. The van der Waals surface area contributed by atoms with Crippen molar-refractivity contribution in [3.63, 3.8) is 0 Å². The number of halogens is 4. The maximum Gasteiger partial charge on any atom is 0.293 e. The van der Waals surface area contributed by atoms with E-state index in [4.69, 9.17) is 39.2 Å². The van der Waals surface area contributed by atoms with Crippen molar-refractivity contribution in [2.45, 2.75) is 6.54 Å². The van der Waals surface area contributed by atoms with Gasteiger partial charge in [-0.3, -0.25) is 14.5 Å². The summed E-state index contributed by atoms with van der Waals surface area (Å²) < 4.78 is 19.0. The second-order valence-electron chi connectivity index (χ2n) is 6.36. The minimum atomic E-state index is -0.493. The third kappa shape index (κ3) is 4.42.